The van der Waals surface area contributed by atoms with Crippen molar-refractivity contribution < 1.29 is 22.7 Å². The summed E-state index contributed by atoms with van der Waals surface area (Å²) in [7, 11) is -2.50. The van der Waals surface area contributed by atoms with Gasteiger partial charge in [-0.1, -0.05) is 30.3 Å². The lowest BCUT2D eigenvalue weighted by Gasteiger charge is -2.34. The molecular formula is C22H24N2O5S. The number of ketones is 1. The fourth-order valence-corrected chi connectivity index (χ4v) is 6.30. The molecule has 158 valence electrons. The molecule has 0 aromatic heterocycles. The maximum absolute atomic E-state index is 13.6. The van der Waals surface area contributed by atoms with Crippen molar-refractivity contribution >= 4 is 21.7 Å². The molecule has 1 amide bonds. The number of hydrogen-bond donors (Lipinski definition) is 0. The van der Waals surface area contributed by atoms with Gasteiger partial charge in [-0.3, -0.25) is 9.59 Å². The van der Waals surface area contributed by atoms with E-state index in [2.05, 4.69) is 0 Å². The van der Waals surface area contributed by atoms with Gasteiger partial charge in [0.1, 0.15) is 10.6 Å². The average molecular weight is 429 g/mol. The van der Waals surface area contributed by atoms with Gasteiger partial charge in [0.05, 0.1) is 24.1 Å². The number of para-hydroxylation sites is 1. The SMILES string of the molecule is CCN1C(=O)c2ccccc2C(=O)[C@@]2(C)CN(S(=O)(=O)c3ccccc3OC)C[C@@H]12. The molecule has 1 fully saturated rings. The number of Topliss-reactive ketones (excluding diaryl/α,β-unsaturated/α-hetero) is 1. The number of amides is 1. The van der Waals surface area contributed by atoms with Gasteiger partial charge in [-0.15, -0.1) is 0 Å². The van der Waals surface area contributed by atoms with Crippen LogP contribution in [0.25, 0.3) is 0 Å². The molecule has 0 spiro atoms. The second kappa shape index (κ2) is 7.21. The quantitative estimate of drug-likeness (QED) is 0.747. The molecule has 2 heterocycles. The average Bonchev–Trinajstić information content (AvgIpc) is 3.10. The van der Waals surface area contributed by atoms with Crippen LogP contribution < -0.4 is 4.74 Å². The highest BCUT2D eigenvalue weighted by Crippen LogP contribution is 2.43. The van der Waals surface area contributed by atoms with E-state index in [9.17, 15) is 18.0 Å². The third-order valence-electron chi connectivity index (χ3n) is 6.20. The highest BCUT2D eigenvalue weighted by molar-refractivity contribution is 7.89. The van der Waals surface area contributed by atoms with E-state index >= 15 is 0 Å². The van der Waals surface area contributed by atoms with Gasteiger partial charge in [0.2, 0.25) is 10.0 Å². The van der Waals surface area contributed by atoms with Crippen molar-refractivity contribution in [3.05, 3.63) is 59.7 Å². The van der Waals surface area contributed by atoms with Crippen LogP contribution in [0.1, 0.15) is 34.6 Å². The Labute approximate surface area is 176 Å². The number of rotatable bonds is 4. The largest absolute Gasteiger partial charge is 0.495 e. The lowest BCUT2D eigenvalue weighted by atomic mass is 9.78. The number of nitrogens with zero attached hydrogens (tertiary/aromatic N) is 2. The van der Waals surface area contributed by atoms with Crippen LogP contribution in [-0.2, 0) is 10.0 Å². The summed E-state index contributed by atoms with van der Waals surface area (Å²) in [6, 6.07) is 12.6. The molecule has 2 aromatic carbocycles. The molecule has 1 saturated heterocycles. The monoisotopic (exact) mass is 428 g/mol. The molecule has 0 unspecified atom stereocenters. The van der Waals surface area contributed by atoms with Gasteiger partial charge in [0, 0.05) is 25.2 Å². The van der Waals surface area contributed by atoms with Crippen LogP contribution >= 0.6 is 0 Å². The first kappa shape index (κ1) is 20.6. The first-order valence-electron chi connectivity index (χ1n) is 9.83. The minimum atomic E-state index is -3.92. The summed E-state index contributed by atoms with van der Waals surface area (Å²) in [6.45, 7) is 4.03. The Kier molecular flexibility index (Phi) is 4.94. The molecule has 2 atom stereocenters. The second-order valence-electron chi connectivity index (χ2n) is 7.85. The highest BCUT2D eigenvalue weighted by Gasteiger charge is 2.57. The molecule has 0 radical (unpaired) electrons. The van der Waals surface area contributed by atoms with E-state index < -0.39 is 21.5 Å². The second-order valence-corrected chi connectivity index (χ2v) is 9.75. The third kappa shape index (κ3) is 2.86. The van der Waals surface area contributed by atoms with Crippen LogP contribution in [0, 0.1) is 5.41 Å². The zero-order valence-electron chi connectivity index (χ0n) is 17.2. The minimum Gasteiger partial charge on any atom is -0.495 e. The van der Waals surface area contributed by atoms with E-state index in [0.717, 1.165) is 0 Å². The Morgan fingerprint density at radius 3 is 2.37 bits per heavy atom. The van der Waals surface area contributed by atoms with Crippen LogP contribution in [0.5, 0.6) is 5.75 Å². The first-order chi connectivity index (χ1) is 14.3. The lowest BCUT2D eigenvalue weighted by molar-refractivity contribution is 0.0560. The van der Waals surface area contributed by atoms with Gasteiger partial charge >= 0.3 is 0 Å². The number of carbonyl (C=O) groups excluding carboxylic acids is 2. The number of ether oxygens (including phenoxy) is 1. The Morgan fingerprint density at radius 2 is 1.70 bits per heavy atom. The Morgan fingerprint density at radius 1 is 1.07 bits per heavy atom. The maximum Gasteiger partial charge on any atom is 0.254 e. The van der Waals surface area contributed by atoms with E-state index in [-0.39, 0.29) is 35.4 Å². The summed E-state index contributed by atoms with van der Waals surface area (Å²) in [4.78, 5) is 28.4. The van der Waals surface area contributed by atoms with E-state index in [1.54, 1.807) is 54.3 Å². The zero-order chi connectivity index (χ0) is 21.7. The van der Waals surface area contributed by atoms with E-state index in [4.69, 9.17) is 4.74 Å². The molecule has 7 nitrogen and oxygen atoms in total. The zero-order valence-corrected chi connectivity index (χ0v) is 18.0. The number of hydrogen-bond acceptors (Lipinski definition) is 5. The molecule has 0 aliphatic carbocycles. The molecule has 0 bridgehead atoms. The molecule has 0 saturated carbocycles. The Hall–Kier alpha value is -2.71. The first-order valence-corrected chi connectivity index (χ1v) is 11.3. The van der Waals surface area contributed by atoms with Gasteiger partial charge in [0.15, 0.2) is 5.78 Å². The maximum atomic E-state index is 13.6. The number of benzene rings is 2. The fourth-order valence-electron chi connectivity index (χ4n) is 4.59. The smallest absolute Gasteiger partial charge is 0.254 e. The topological polar surface area (TPSA) is 84.0 Å². The summed E-state index contributed by atoms with van der Waals surface area (Å²) in [5.74, 6) is -0.202. The van der Waals surface area contributed by atoms with Crippen molar-refractivity contribution in [3.63, 3.8) is 0 Å². The lowest BCUT2D eigenvalue weighted by Crippen LogP contribution is -2.49. The summed E-state index contributed by atoms with van der Waals surface area (Å²) in [5.41, 5.74) is -0.325. The number of likely N-dealkylation sites (N-methyl/N-ethyl adjacent to an activating group) is 1. The minimum absolute atomic E-state index is 0.00496. The summed E-state index contributed by atoms with van der Waals surface area (Å²) < 4.78 is 33.4. The number of sulfonamides is 1. The molecular weight excluding hydrogens is 404 g/mol. The highest BCUT2D eigenvalue weighted by atomic mass is 32.2. The molecule has 2 aromatic rings. The van der Waals surface area contributed by atoms with Crippen LogP contribution in [0.15, 0.2) is 53.4 Å². The van der Waals surface area contributed by atoms with Crippen molar-refractivity contribution in [1.82, 2.24) is 9.21 Å². The number of methoxy groups -OCH3 is 1. The number of fused-ring (bicyclic) bond motifs is 2. The molecule has 4 rings (SSSR count). The molecule has 2 aliphatic heterocycles. The Bertz CT molecular complexity index is 1130. The van der Waals surface area contributed by atoms with Gasteiger partial charge in [-0.05, 0) is 32.0 Å². The molecule has 0 N–H and O–H groups in total. The van der Waals surface area contributed by atoms with Gasteiger partial charge in [-0.25, -0.2) is 8.42 Å². The summed E-state index contributed by atoms with van der Waals surface area (Å²) in [5, 5.41) is 0. The van der Waals surface area contributed by atoms with Crippen LogP contribution in [0.3, 0.4) is 0 Å². The summed E-state index contributed by atoms with van der Waals surface area (Å²) >= 11 is 0. The van der Waals surface area contributed by atoms with Crippen molar-refractivity contribution in [2.75, 3.05) is 26.7 Å². The van der Waals surface area contributed by atoms with Crippen molar-refractivity contribution in [1.29, 1.82) is 0 Å². The fraction of sp³-hybridized carbons (Fsp3) is 0.364. The number of carbonyl (C=O) groups is 2. The molecule has 30 heavy (non-hydrogen) atoms. The standard InChI is InChI=1S/C22H24N2O5S/c1-4-24-19-13-23(30(27,28)18-12-8-7-11-17(18)29-3)14-22(19,2)20(25)15-9-5-6-10-16(15)21(24)26/h5-12,19H,4,13-14H2,1-3H3/t19-,22+/m1/s1. The molecule has 2 aliphatic rings. The van der Waals surface area contributed by atoms with E-state index in [0.29, 0.717) is 17.7 Å². The van der Waals surface area contributed by atoms with Crippen molar-refractivity contribution in [2.45, 2.75) is 24.8 Å². The van der Waals surface area contributed by atoms with Gasteiger partial charge in [0.25, 0.3) is 5.91 Å². The summed E-state index contributed by atoms with van der Waals surface area (Å²) in [6.07, 6.45) is 0. The van der Waals surface area contributed by atoms with Crippen LogP contribution in [-0.4, -0.2) is 62.1 Å². The van der Waals surface area contributed by atoms with Gasteiger partial charge < -0.3 is 9.64 Å². The van der Waals surface area contributed by atoms with Crippen molar-refractivity contribution in [3.8, 4) is 5.75 Å². The predicted octanol–water partition coefficient (Wildman–Crippen LogP) is 2.43. The normalized spacial score (nSPS) is 24.4. The third-order valence-corrected chi connectivity index (χ3v) is 8.05. The van der Waals surface area contributed by atoms with Crippen LogP contribution in [0.2, 0.25) is 0 Å². The van der Waals surface area contributed by atoms with Crippen molar-refractivity contribution in [2.24, 2.45) is 5.41 Å². The predicted molar refractivity (Wildman–Crippen MR) is 111 cm³/mol. The van der Waals surface area contributed by atoms with E-state index in [1.807, 2.05) is 6.92 Å². The van der Waals surface area contributed by atoms with E-state index in [1.165, 1.54) is 17.5 Å². The van der Waals surface area contributed by atoms with Gasteiger partial charge in [-0.2, -0.15) is 4.31 Å². The Balaban J connectivity index is 1.82. The van der Waals surface area contributed by atoms with Crippen LogP contribution in [0.4, 0.5) is 0 Å². The molecule has 8 heteroatoms.